The lowest BCUT2D eigenvalue weighted by molar-refractivity contribution is 0.0701. The molecule has 0 fully saturated rings. The van der Waals surface area contributed by atoms with Gasteiger partial charge in [-0.25, -0.2) is 4.79 Å². The van der Waals surface area contributed by atoms with Crippen LogP contribution in [-0.4, -0.2) is 15.4 Å². The molecule has 5 heteroatoms. The van der Waals surface area contributed by atoms with Gasteiger partial charge in [0.25, 0.3) is 0 Å². The molecule has 0 aliphatic rings. The molecule has 0 bridgehead atoms. The van der Waals surface area contributed by atoms with Crippen LogP contribution in [0.5, 0.6) is 0 Å². The summed E-state index contributed by atoms with van der Waals surface area (Å²) in [6.07, 6.45) is 1.53. The van der Waals surface area contributed by atoms with Crippen molar-refractivity contribution >= 4 is 30.1 Å². The number of rotatable bonds is 2. The number of nitrogens with zero attached hydrogens (tertiary/aromatic N) is 1. The number of carbonyl (C=O) groups is 1. The standard InChI is InChI=1S/C5H5NO2S2/c7-5(8)4-3(2-9)1-6-10-4/h1,9H,2H2,(H,7,8). The summed E-state index contributed by atoms with van der Waals surface area (Å²) in [7, 11) is 0. The van der Waals surface area contributed by atoms with E-state index in [2.05, 4.69) is 17.0 Å². The van der Waals surface area contributed by atoms with Crippen LogP contribution < -0.4 is 0 Å². The fourth-order valence-electron chi connectivity index (χ4n) is 0.549. The van der Waals surface area contributed by atoms with Crippen molar-refractivity contribution in [3.63, 3.8) is 0 Å². The number of hydrogen-bond donors (Lipinski definition) is 2. The summed E-state index contributed by atoms with van der Waals surface area (Å²) in [5.41, 5.74) is 0.681. The fourth-order valence-corrected chi connectivity index (χ4v) is 1.50. The molecule has 1 rings (SSSR count). The number of thiol groups is 1. The Bertz CT molecular complexity index is 246. The Balaban J connectivity index is 3.01. The molecule has 10 heavy (non-hydrogen) atoms. The highest BCUT2D eigenvalue weighted by atomic mass is 32.1. The maximum Gasteiger partial charge on any atom is 0.347 e. The average molecular weight is 175 g/mol. The normalized spacial score (nSPS) is 9.70. The lowest BCUT2D eigenvalue weighted by atomic mass is 10.3. The van der Waals surface area contributed by atoms with Gasteiger partial charge in [-0.05, 0) is 11.5 Å². The maximum atomic E-state index is 10.4. The molecule has 1 aromatic rings. The number of hydrogen-bond acceptors (Lipinski definition) is 4. The van der Waals surface area contributed by atoms with E-state index < -0.39 is 5.97 Å². The summed E-state index contributed by atoms with van der Waals surface area (Å²) >= 11 is 4.93. The molecule has 1 N–H and O–H groups in total. The molecule has 1 heterocycles. The molecule has 0 amide bonds. The lowest BCUT2D eigenvalue weighted by Gasteiger charge is -1.88. The van der Waals surface area contributed by atoms with Crippen molar-refractivity contribution in [3.05, 3.63) is 16.6 Å². The summed E-state index contributed by atoms with van der Waals surface area (Å²) in [6.45, 7) is 0. The van der Waals surface area contributed by atoms with Crippen molar-refractivity contribution in [2.24, 2.45) is 0 Å². The van der Waals surface area contributed by atoms with Gasteiger partial charge in [-0.3, -0.25) is 0 Å². The first-order valence-corrected chi connectivity index (χ1v) is 3.94. The Kier molecular flexibility index (Phi) is 2.29. The van der Waals surface area contributed by atoms with Gasteiger partial charge in [0.15, 0.2) is 0 Å². The SMILES string of the molecule is O=C(O)c1sncc1CS. The van der Waals surface area contributed by atoms with Crippen molar-refractivity contribution in [3.8, 4) is 0 Å². The molecule has 0 radical (unpaired) electrons. The van der Waals surface area contributed by atoms with Gasteiger partial charge >= 0.3 is 5.97 Å². The van der Waals surface area contributed by atoms with Crippen molar-refractivity contribution in [2.45, 2.75) is 5.75 Å². The highest BCUT2D eigenvalue weighted by molar-refractivity contribution is 7.79. The second-order valence-electron chi connectivity index (χ2n) is 1.64. The van der Waals surface area contributed by atoms with Crippen LogP contribution in [0.4, 0.5) is 0 Å². The van der Waals surface area contributed by atoms with Crippen molar-refractivity contribution in [2.75, 3.05) is 0 Å². The molecule has 3 nitrogen and oxygen atoms in total. The molecule has 0 aliphatic carbocycles. The van der Waals surface area contributed by atoms with Crippen LogP contribution in [0.1, 0.15) is 15.2 Å². The zero-order chi connectivity index (χ0) is 7.56. The van der Waals surface area contributed by atoms with Crippen LogP contribution in [0, 0.1) is 0 Å². The van der Waals surface area contributed by atoms with Crippen molar-refractivity contribution in [1.82, 2.24) is 4.37 Å². The summed E-state index contributed by atoms with van der Waals surface area (Å²) in [6, 6.07) is 0. The van der Waals surface area contributed by atoms with Crippen LogP contribution in [0.15, 0.2) is 6.20 Å². The second kappa shape index (κ2) is 3.03. The predicted octanol–water partition coefficient (Wildman–Crippen LogP) is 1.27. The van der Waals surface area contributed by atoms with Gasteiger partial charge < -0.3 is 5.11 Å². The predicted molar refractivity (Wildman–Crippen MR) is 41.8 cm³/mol. The highest BCUT2D eigenvalue weighted by Crippen LogP contribution is 2.14. The van der Waals surface area contributed by atoms with E-state index in [-0.39, 0.29) is 4.88 Å². The van der Waals surface area contributed by atoms with E-state index in [0.717, 1.165) is 11.5 Å². The molecule has 0 saturated carbocycles. The fraction of sp³-hybridized carbons (Fsp3) is 0.200. The third-order valence-corrected chi connectivity index (χ3v) is 2.18. The van der Waals surface area contributed by atoms with E-state index in [1.165, 1.54) is 6.20 Å². The highest BCUT2D eigenvalue weighted by Gasteiger charge is 2.10. The molecule has 0 unspecified atom stereocenters. The first kappa shape index (κ1) is 7.56. The average Bonchev–Trinajstić information content (AvgIpc) is 2.33. The van der Waals surface area contributed by atoms with Gasteiger partial charge in [0.2, 0.25) is 0 Å². The number of aromatic nitrogens is 1. The molecule has 0 aromatic carbocycles. The monoisotopic (exact) mass is 175 g/mol. The van der Waals surface area contributed by atoms with Crippen LogP contribution in [0.3, 0.4) is 0 Å². The van der Waals surface area contributed by atoms with Gasteiger partial charge in [-0.1, -0.05) is 0 Å². The molecule has 0 aliphatic heterocycles. The van der Waals surface area contributed by atoms with Gasteiger partial charge in [-0.15, -0.1) is 0 Å². The summed E-state index contributed by atoms with van der Waals surface area (Å²) in [5, 5.41) is 8.52. The molecular formula is C5H5NO2S2. The van der Waals surface area contributed by atoms with Gasteiger partial charge in [0.05, 0.1) is 0 Å². The first-order valence-electron chi connectivity index (χ1n) is 2.53. The minimum atomic E-state index is -0.924. The molecule has 1 aromatic heterocycles. The van der Waals surface area contributed by atoms with Gasteiger partial charge in [0, 0.05) is 17.5 Å². The first-order chi connectivity index (χ1) is 4.75. The topological polar surface area (TPSA) is 50.2 Å². The molecule has 0 atom stereocenters. The third-order valence-electron chi connectivity index (χ3n) is 1.01. The number of aromatic carboxylic acids is 1. The Hall–Kier alpha value is -0.550. The zero-order valence-corrected chi connectivity index (χ0v) is 6.65. The minimum Gasteiger partial charge on any atom is -0.477 e. The Morgan fingerprint density at radius 3 is 3.00 bits per heavy atom. The molecule has 54 valence electrons. The van der Waals surface area contributed by atoms with E-state index in [9.17, 15) is 4.79 Å². The number of carboxylic acid groups (broad SMARTS) is 1. The maximum absolute atomic E-state index is 10.4. The van der Waals surface area contributed by atoms with E-state index in [4.69, 9.17) is 5.11 Å². The Morgan fingerprint density at radius 1 is 1.90 bits per heavy atom. The van der Waals surface area contributed by atoms with Crippen molar-refractivity contribution < 1.29 is 9.90 Å². The molecule has 0 saturated heterocycles. The van der Waals surface area contributed by atoms with Gasteiger partial charge in [-0.2, -0.15) is 17.0 Å². The van der Waals surface area contributed by atoms with Crippen LogP contribution >= 0.6 is 24.2 Å². The van der Waals surface area contributed by atoms with Crippen LogP contribution in [0.25, 0.3) is 0 Å². The van der Waals surface area contributed by atoms with E-state index in [1.807, 2.05) is 0 Å². The van der Waals surface area contributed by atoms with E-state index >= 15 is 0 Å². The Labute approximate surface area is 67.3 Å². The van der Waals surface area contributed by atoms with Crippen LogP contribution in [-0.2, 0) is 5.75 Å². The van der Waals surface area contributed by atoms with Gasteiger partial charge in [0.1, 0.15) is 4.88 Å². The summed E-state index contributed by atoms with van der Waals surface area (Å²) in [4.78, 5) is 10.7. The summed E-state index contributed by atoms with van der Waals surface area (Å²) < 4.78 is 3.73. The van der Waals surface area contributed by atoms with Crippen molar-refractivity contribution in [1.29, 1.82) is 0 Å². The molecular weight excluding hydrogens is 170 g/mol. The largest absolute Gasteiger partial charge is 0.477 e. The smallest absolute Gasteiger partial charge is 0.347 e. The Morgan fingerprint density at radius 2 is 2.60 bits per heavy atom. The molecule has 0 spiro atoms. The van der Waals surface area contributed by atoms with Crippen LogP contribution in [0.2, 0.25) is 0 Å². The third kappa shape index (κ3) is 1.30. The summed E-state index contributed by atoms with van der Waals surface area (Å²) in [5.74, 6) is -0.496. The van der Waals surface area contributed by atoms with E-state index in [1.54, 1.807) is 0 Å². The number of carboxylic acids is 1. The quantitative estimate of drug-likeness (QED) is 0.665. The minimum absolute atomic E-state index is 0.287. The van der Waals surface area contributed by atoms with E-state index in [0.29, 0.717) is 11.3 Å². The lowest BCUT2D eigenvalue weighted by Crippen LogP contribution is -1.94. The zero-order valence-electron chi connectivity index (χ0n) is 4.94. The second-order valence-corrected chi connectivity index (χ2v) is 2.76.